The van der Waals surface area contributed by atoms with Gasteiger partial charge in [0.15, 0.2) is 0 Å². The molecule has 138 valence electrons. The van der Waals surface area contributed by atoms with Gasteiger partial charge in [-0.15, -0.1) is 11.8 Å². The Bertz CT molecular complexity index is 763. The first kappa shape index (κ1) is 18.8. The molecule has 0 spiro atoms. The van der Waals surface area contributed by atoms with Crippen molar-refractivity contribution in [2.45, 2.75) is 36.9 Å². The molecule has 0 bridgehead atoms. The van der Waals surface area contributed by atoms with Crippen LogP contribution >= 0.6 is 11.8 Å². The molecule has 1 aliphatic heterocycles. The number of rotatable bonds is 7. The van der Waals surface area contributed by atoms with Gasteiger partial charge < -0.3 is 10.1 Å². The van der Waals surface area contributed by atoms with Gasteiger partial charge in [-0.05, 0) is 43.4 Å². The molecule has 0 saturated carbocycles. The molecule has 0 radical (unpaired) electrons. The maximum atomic E-state index is 12.8. The van der Waals surface area contributed by atoms with E-state index in [0.717, 1.165) is 30.8 Å². The number of nitrogens with zero attached hydrogens (tertiary/aromatic N) is 1. The number of benzene rings is 2. The number of methoxy groups -OCH3 is 1. The van der Waals surface area contributed by atoms with E-state index in [9.17, 15) is 4.79 Å². The van der Waals surface area contributed by atoms with Crippen LogP contribution in [0.4, 0.5) is 0 Å². The number of ether oxygens (including phenoxy) is 1. The molecular formula is C21H26N2O2S. The van der Waals surface area contributed by atoms with E-state index >= 15 is 0 Å². The molecule has 1 heterocycles. The van der Waals surface area contributed by atoms with Crippen LogP contribution in [0.2, 0.25) is 0 Å². The Balaban J connectivity index is 1.60. The number of hydrogen-bond donors (Lipinski definition) is 1. The third-order valence-electron chi connectivity index (χ3n) is 5.22. The molecule has 26 heavy (non-hydrogen) atoms. The van der Waals surface area contributed by atoms with Gasteiger partial charge in [-0.2, -0.15) is 0 Å². The van der Waals surface area contributed by atoms with Gasteiger partial charge in [0, 0.05) is 30.1 Å². The number of para-hydroxylation sites is 1. The molecule has 2 aromatic carbocycles. The SMILES string of the molecule is COc1ccccc1CNC(=O)C1(C)CCN1Cc1ccc(SC)cc1. The van der Waals surface area contributed by atoms with Crippen LogP contribution in [0.3, 0.4) is 0 Å². The number of amides is 1. The molecule has 1 unspecified atom stereocenters. The highest BCUT2D eigenvalue weighted by Gasteiger charge is 2.46. The van der Waals surface area contributed by atoms with Gasteiger partial charge in [-0.25, -0.2) is 0 Å². The minimum atomic E-state index is -0.444. The monoisotopic (exact) mass is 370 g/mol. The first-order chi connectivity index (χ1) is 12.6. The summed E-state index contributed by atoms with van der Waals surface area (Å²) in [4.78, 5) is 16.3. The first-order valence-electron chi connectivity index (χ1n) is 8.85. The summed E-state index contributed by atoms with van der Waals surface area (Å²) in [7, 11) is 1.65. The molecule has 1 N–H and O–H groups in total. The second-order valence-electron chi connectivity index (χ2n) is 6.79. The van der Waals surface area contributed by atoms with Gasteiger partial charge in [0.1, 0.15) is 5.75 Å². The second kappa shape index (κ2) is 8.14. The first-order valence-corrected chi connectivity index (χ1v) is 10.1. The van der Waals surface area contributed by atoms with Crippen molar-refractivity contribution in [3.05, 3.63) is 59.7 Å². The predicted molar refractivity (Wildman–Crippen MR) is 106 cm³/mol. The summed E-state index contributed by atoms with van der Waals surface area (Å²) in [6.07, 6.45) is 2.96. The Hall–Kier alpha value is -1.98. The zero-order chi connectivity index (χ0) is 18.6. The van der Waals surface area contributed by atoms with Crippen LogP contribution in [-0.2, 0) is 17.9 Å². The number of carbonyl (C=O) groups is 1. The smallest absolute Gasteiger partial charge is 0.240 e. The summed E-state index contributed by atoms with van der Waals surface area (Å²) in [6.45, 7) is 4.26. The van der Waals surface area contributed by atoms with Gasteiger partial charge in [-0.1, -0.05) is 30.3 Å². The van der Waals surface area contributed by atoms with Gasteiger partial charge in [-0.3, -0.25) is 9.69 Å². The molecule has 1 atom stereocenters. The van der Waals surface area contributed by atoms with Crippen molar-refractivity contribution in [3.63, 3.8) is 0 Å². The highest BCUT2D eigenvalue weighted by Crippen LogP contribution is 2.32. The normalized spacial score (nSPS) is 19.7. The number of likely N-dealkylation sites (tertiary alicyclic amines) is 1. The highest BCUT2D eigenvalue weighted by molar-refractivity contribution is 7.98. The van der Waals surface area contributed by atoms with Gasteiger partial charge >= 0.3 is 0 Å². The zero-order valence-electron chi connectivity index (χ0n) is 15.6. The van der Waals surface area contributed by atoms with Gasteiger partial charge in [0.2, 0.25) is 5.91 Å². The zero-order valence-corrected chi connectivity index (χ0v) is 16.4. The topological polar surface area (TPSA) is 41.6 Å². The maximum absolute atomic E-state index is 12.8. The molecular weight excluding hydrogens is 344 g/mol. The fourth-order valence-electron chi connectivity index (χ4n) is 3.28. The Morgan fingerprint density at radius 2 is 1.96 bits per heavy atom. The Morgan fingerprint density at radius 3 is 2.58 bits per heavy atom. The van der Waals surface area contributed by atoms with Crippen molar-refractivity contribution in [1.29, 1.82) is 0 Å². The van der Waals surface area contributed by atoms with Crippen LogP contribution in [-0.4, -0.2) is 36.3 Å². The molecule has 2 aromatic rings. The highest BCUT2D eigenvalue weighted by atomic mass is 32.2. The predicted octanol–water partition coefficient (Wildman–Crippen LogP) is 3.70. The molecule has 0 aromatic heterocycles. The fraction of sp³-hybridized carbons (Fsp3) is 0.381. The quantitative estimate of drug-likeness (QED) is 0.755. The van der Waals surface area contributed by atoms with E-state index in [1.807, 2.05) is 31.2 Å². The van der Waals surface area contributed by atoms with Crippen LogP contribution in [0, 0.1) is 0 Å². The van der Waals surface area contributed by atoms with Gasteiger partial charge in [0.25, 0.3) is 0 Å². The number of nitrogens with one attached hydrogen (secondary N) is 1. The summed E-state index contributed by atoms with van der Waals surface area (Å²) in [5, 5.41) is 3.09. The molecule has 1 saturated heterocycles. The van der Waals surface area contributed by atoms with Crippen molar-refractivity contribution in [1.82, 2.24) is 10.2 Å². The summed E-state index contributed by atoms with van der Waals surface area (Å²) < 4.78 is 5.36. The lowest BCUT2D eigenvalue weighted by molar-refractivity contribution is -0.142. The van der Waals surface area contributed by atoms with E-state index < -0.39 is 5.54 Å². The third kappa shape index (κ3) is 3.89. The van der Waals surface area contributed by atoms with E-state index in [1.165, 1.54) is 10.5 Å². The summed E-state index contributed by atoms with van der Waals surface area (Å²) in [5.41, 5.74) is 1.79. The summed E-state index contributed by atoms with van der Waals surface area (Å²) in [6, 6.07) is 16.4. The Labute approximate surface area is 159 Å². The van der Waals surface area contributed by atoms with Crippen LogP contribution in [0.5, 0.6) is 5.75 Å². The maximum Gasteiger partial charge on any atom is 0.240 e. The standard InChI is InChI=1S/C21H26N2O2S/c1-21(20(24)22-14-17-6-4-5-7-19(17)25-2)12-13-23(21)15-16-8-10-18(26-3)11-9-16/h4-11H,12-15H2,1-3H3,(H,22,24). The average molecular weight is 371 g/mol. The van der Waals surface area contributed by atoms with Crippen molar-refractivity contribution in [3.8, 4) is 5.75 Å². The van der Waals surface area contributed by atoms with Gasteiger partial charge in [0.05, 0.1) is 12.6 Å². The lowest BCUT2D eigenvalue weighted by atomic mass is 9.85. The van der Waals surface area contributed by atoms with Crippen molar-refractivity contribution < 1.29 is 9.53 Å². The number of hydrogen-bond acceptors (Lipinski definition) is 4. The number of carbonyl (C=O) groups excluding carboxylic acids is 1. The fourth-order valence-corrected chi connectivity index (χ4v) is 3.69. The Morgan fingerprint density at radius 1 is 1.23 bits per heavy atom. The molecule has 1 aliphatic rings. The van der Waals surface area contributed by atoms with E-state index in [1.54, 1.807) is 18.9 Å². The second-order valence-corrected chi connectivity index (χ2v) is 7.67. The largest absolute Gasteiger partial charge is 0.496 e. The number of thioether (sulfide) groups is 1. The molecule has 4 nitrogen and oxygen atoms in total. The molecule has 0 aliphatic carbocycles. The van der Waals surface area contributed by atoms with Crippen molar-refractivity contribution in [2.75, 3.05) is 19.9 Å². The molecule has 1 fully saturated rings. The lowest BCUT2D eigenvalue weighted by Crippen LogP contribution is -2.65. The molecule has 1 amide bonds. The van der Waals surface area contributed by atoms with Crippen LogP contribution in [0.1, 0.15) is 24.5 Å². The van der Waals surface area contributed by atoms with Crippen molar-refractivity contribution in [2.24, 2.45) is 0 Å². The van der Waals surface area contributed by atoms with E-state index in [0.29, 0.717) is 6.54 Å². The lowest BCUT2D eigenvalue weighted by Gasteiger charge is -2.49. The van der Waals surface area contributed by atoms with Crippen LogP contribution in [0.15, 0.2) is 53.4 Å². The van der Waals surface area contributed by atoms with E-state index in [2.05, 4.69) is 40.7 Å². The molecule has 5 heteroatoms. The van der Waals surface area contributed by atoms with Crippen LogP contribution < -0.4 is 10.1 Å². The minimum absolute atomic E-state index is 0.0791. The molecule has 3 rings (SSSR count). The summed E-state index contributed by atoms with van der Waals surface area (Å²) in [5.74, 6) is 0.882. The summed E-state index contributed by atoms with van der Waals surface area (Å²) >= 11 is 1.74. The Kier molecular flexibility index (Phi) is 5.89. The van der Waals surface area contributed by atoms with Crippen LogP contribution in [0.25, 0.3) is 0 Å². The van der Waals surface area contributed by atoms with E-state index in [-0.39, 0.29) is 5.91 Å². The van der Waals surface area contributed by atoms with Crippen molar-refractivity contribution >= 4 is 17.7 Å². The average Bonchev–Trinajstić information content (AvgIpc) is 2.69. The third-order valence-corrected chi connectivity index (χ3v) is 5.96. The minimum Gasteiger partial charge on any atom is -0.496 e. The van der Waals surface area contributed by atoms with E-state index in [4.69, 9.17) is 4.74 Å².